The van der Waals surface area contributed by atoms with Crippen molar-refractivity contribution in [3.8, 4) is 11.5 Å². The molecule has 0 saturated carbocycles. The number of carbonyl (C=O) groups is 2. The summed E-state index contributed by atoms with van der Waals surface area (Å²) in [5, 5.41) is 8.96. The fraction of sp³-hybridized carbons (Fsp3) is 0.0417. The number of ether oxygens (including phenoxy) is 1. The molecule has 0 aromatic heterocycles. The summed E-state index contributed by atoms with van der Waals surface area (Å²) in [5.74, 6) is -0.907. The number of carbonyl (C=O) groups excluding carboxylic acids is 1. The van der Waals surface area contributed by atoms with E-state index < -0.39 is 16.0 Å². The van der Waals surface area contributed by atoms with Gasteiger partial charge in [0.15, 0.2) is 5.78 Å². The predicted octanol–water partition coefficient (Wildman–Crippen LogP) is 4.55. The molecule has 1 N–H and O–H groups in total. The first-order valence-corrected chi connectivity index (χ1v) is 12.1. The van der Waals surface area contributed by atoms with Crippen molar-refractivity contribution in [3.63, 3.8) is 0 Å². The third kappa shape index (κ3) is 5.21. The van der Waals surface area contributed by atoms with Gasteiger partial charge in [-0.2, -0.15) is 12.8 Å². The first-order valence-electron chi connectivity index (χ1n) is 9.72. The number of aliphatic carboxylic acids is 1. The highest BCUT2D eigenvalue weighted by Gasteiger charge is 2.27. The molecule has 0 unspecified atom stereocenters. The zero-order valence-corrected chi connectivity index (χ0v) is 18.7. The topological polar surface area (TPSA) is 110 Å². The lowest BCUT2D eigenvalue weighted by Gasteiger charge is -2.16. The molecule has 0 spiro atoms. The molecule has 4 rings (SSSR count). The molecule has 0 radical (unpaired) electrons. The van der Waals surface area contributed by atoms with Gasteiger partial charge in [-0.3, -0.25) is 9.59 Å². The molecule has 7 nitrogen and oxygen atoms in total. The molecule has 9 heteroatoms. The van der Waals surface area contributed by atoms with E-state index in [-0.39, 0.29) is 32.6 Å². The molecule has 0 fully saturated rings. The second-order valence-electron chi connectivity index (χ2n) is 6.91. The SMILES string of the molecule is O=C(O)CSC1=CC(=NS(=O)(=O)c2cccc(Oc3ccccc3)c2)c2ccccc2C1=O. The number of hydrogen-bond donors (Lipinski definition) is 1. The first-order chi connectivity index (χ1) is 15.8. The summed E-state index contributed by atoms with van der Waals surface area (Å²) in [5.41, 5.74) is 0.693. The lowest BCUT2D eigenvalue weighted by atomic mass is 9.94. The molecule has 166 valence electrons. The molecule has 0 saturated heterocycles. The molecule has 0 amide bonds. The molecule has 3 aromatic rings. The lowest BCUT2D eigenvalue weighted by molar-refractivity contribution is -0.133. The molecule has 1 aliphatic rings. The summed E-state index contributed by atoms with van der Waals surface area (Å²) < 4.78 is 35.9. The van der Waals surface area contributed by atoms with Gasteiger partial charge < -0.3 is 9.84 Å². The van der Waals surface area contributed by atoms with Crippen LogP contribution in [-0.2, 0) is 14.8 Å². The Morgan fingerprint density at radius 3 is 2.30 bits per heavy atom. The Kier molecular flexibility index (Phi) is 6.43. The van der Waals surface area contributed by atoms with E-state index in [4.69, 9.17) is 9.84 Å². The van der Waals surface area contributed by atoms with Gasteiger partial charge in [-0.1, -0.05) is 48.5 Å². The van der Waals surface area contributed by atoms with Crippen molar-refractivity contribution in [1.29, 1.82) is 0 Å². The third-order valence-corrected chi connectivity index (χ3v) is 6.88. The number of ketones is 1. The Labute approximate surface area is 194 Å². The Morgan fingerprint density at radius 2 is 1.58 bits per heavy atom. The quantitative estimate of drug-likeness (QED) is 0.529. The number of benzene rings is 3. The molecule has 0 atom stereocenters. The maximum absolute atomic E-state index is 13.1. The highest BCUT2D eigenvalue weighted by atomic mass is 32.2. The number of fused-ring (bicyclic) bond motifs is 1. The number of nitrogens with zero attached hydrogens (tertiary/aromatic N) is 1. The van der Waals surface area contributed by atoms with E-state index in [0.717, 1.165) is 11.8 Å². The summed E-state index contributed by atoms with van der Waals surface area (Å²) >= 11 is 0.823. The van der Waals surface area contributed by atoms with Crippen LogP contribution >= 0.6 is 11.8 Å². The molecular weight excluding hydrogens is 462 g/mol. The van der Waals surface area contributed by atoms with Crippen molar-refractivity contribution in [1.82, 2.24) is 0 Å². The van der Waals surface area contributed by atoms with E-state index in [1.807, 2.05) is 6.07 Å². The number of rotatable bonds is 7. The van der Waals surface area contributed by atoms with Gasteiger partial charge in [-0.25, -0.2) is 0 Å². The number of carboxylic acids is 1. The maximum atomic E-state index is 13.1. The van der Waals surface area contributed by atoms with Gasteiger partial charge in [0.1, 0.15) is 11.5 Å². The van der Waals surface area contributed by atoms with Crippen molar-refractivity contribution < 1.29 is 27.9 Å². The average molecular weight is 480 g/mol. The van der Waals surface area contributed by atoms with E-state index in [0.29, 0.717) is 17.1 Å². The number of thioether (sulfide) groups is 1. The zero-order valence-electron chi connectivity index (χ0n) is 17.0. The molecule has 0 bridgehead atoms. The standard InChI is InChI=1S/C24H17NO6S2/c26-23(27)15-32-22-14-21(19-11-4-5-12-20(19)24(22)28)25-33(29,30)18-10-6-9-17(13-18)31-16-7-2-1-3-8-16/h1-14H,15H2,(H,26,27). The van der Waals surface area contributed by atoms with Crippen LogP contribution in [0.15, 0.2) is 99.1 Å². The van der Waals surface area contributed by atoms with Crippen LogP contribution in [0.2, 0.25) is 0 Å². The Morgan fingerprint density at radius 1 is 0.909 bits per heavy atom. The average Bonchev–Trinajstić information content (AvgIpc) is 2.81. The van der Waals surface area contributed by atoms with Crippen LogP contribution in [0.25, 0.3) is 0 Å². The number of carboxylic acid groups (broad SMARTS) is 1. The number of sulfonamides is 1. The third-order valence-electron chi connectivity index (χ3n) is 4.59. The van der Waals surface area contributed by atoms with Crippen LogP contribution in [0.1, 0.15) is 15.9 Å². The molecule has 33 heavy (non-hydrogen) atoms. The summed E-state index contributed by atoms with van der Waals surface area (Å²) in [6, 6.07) is 21.4. The van der Waals surface area contributed by atoms with Crippen molar-refractivity contribution in [2.75, 3.05) is 5.75 Å². The van der Waals surface area contributed by atoms with Crippen LogP contribution < -0.4 is 4.74 Å². The van der Waals surface area contributed by atoms with Crippen LogP contribution in [0.5, 0.6) is 11.5 Å². The fourth-order valence-corrected chi connectivity index (χ4v) is 4.88. The van der Waals surface area contributed by atoms with E-state index in [2.05, 4.69) is 4.40 Å². The summed E-state index contributed by atoms with van der Waals surface area (Å²) in [6.07, 6.45) is 1.32. The largest absolute Gasteiger partial charge is 0.481 e. The van der Waals surface area contributed by atoms with Crippen molar-refractivity contribution in [2.24, 2.45) is 4.40 Å². The van der Waals surface area contributed by atoms with Crippen molar-refractivity contribution >= 4 is 39.2 Å². The van der Waals surface area contributed by atoms with Gasteiger partial charge in [0.05, 0.1) is 21.3 Å². The van der Waals surface area contributed by atoms with Crippen LogP contribution in [-0.4, -0.2) is 36.7 Å². The number of Topliss-reactive ketones (excluding diaryl/α,β-unsaturated/α-hetero) is 1. The molecule has 0 heterocycles. The smallest absolute Gasteiger partial charge is 0.313 e. The zero-order chi connectivity index (χ0) is 23.4. The lowest BCUT2D eigenvalue weighted by Crippen LogP contribution is -2.18. The molecular formula is C24H17NO6S2. The van der Waals surface area contributed by atoms with E-state index in [1.165, 1.54) is 18.2 Å². The monoisotopic (exact) mass is 479 g/mol. The van der Waals surface area contributed by atoms with Crippen LogP contribution in [0, 0.1) is 0 Å². The number of hydrogen-bond acceptors (Lipinski definition) is 6. The van der Waals surface area contributed by atoms with E-state index in [9.17, 15) is 18.0 Å². The van der Waals surface area contributed by atoms with Gasteiger partial charge in [0.25, 0.3) is 10.0 Å². The minimum atomic E-state index is -4.16. The predicted molar refractivity (Wildman–Crippen MR) is 126 cm³/mol. The van der Waals surface area contributed by atoms with Gasteiger partial charge in [-0.05, 0) is 30.3 Å². The highest BCUT2D eigenvalue weighted by Crippen LogP contribution is 2.30. The second-order valence-corrected chi connectivity index (χ2v) is 9.53. The van der Waals surface area contributed by atoms with E-state index >= 15 is 0 Å². The van der Waals surface area contributed by atoms with E-state index in [1.54, 1.807) is 60.7 Å². The minimum Gasteiger partial charge on any atom is -0.481 e. The van der Waals surface area contributed by atoms with Gasteiger partial charge in [0, 0.05) is 17.2 Å². The van der Waals surface area contributed by atoms with Crippen LogP contribution in [0.4, 0.5) is 0 Å². The summed E-state index contributed by atoms with van der Waals surface area (Å²) in [6.45, 7) is 0. The van der Waals surface area contributed by atoms with Crippen LogP contribution in [0.3, 0.4) is 0 Å². The first kappa shape index (κ1) is 22.5. The van der Waals surface area contributed by atoms with Gasteiger partial charge >= 0.3 is 5.97 Å². The maximum Gasteiger partial charge on any atom is 0.313 e. The molecule has 3 aromatic carbocycles. The van der Waals surface area contributed by atoms with Crippen molar-refractivity contribution in [2.45, 2.75) is 4.90 Å². The highest BCUT2D eigenvalue weighted by molar-refractivity contribution is 8.04. The molecule has 1 aliphatic carbocycles. The van der Waals surface area contributed by atoms with Gasteiger partial charge in [0.2, 0.25) is 0 Å². The fourth-order valence-electron chi connectivity index (χ4n) is 3.13. The van der Waals surface area contributed by atoms with Crippen molar-refractivity contribution in [3.05, 3.63) is 101 Å². The summed E-state index contributed by atoms with van der Waals surface area (Å²) in [7, 11) is -4.16. The normalized spacial score (nSPS) is 14.5. The second kappa shape index (κ2) is 9.43. The Hall–Kier alpha value is -3.69. The summed E-state index contributed by atoms with van der Waals surface area (Å²) in [4.78, 5) is 23.7. The number of allylic oxidation sites excluding steroid dienone is 2. The molecule has 0 aliphatic heterocycles. The van der Waals surface area contributed by atoms with Gasteiger partial charge in [-0.15, -0.1) is 11.8 Å². The Balaban J connectivity index is 1.72. The Bertz CT molecular complexity index is 1400. The minimum absolute atomic E-state index is 0.0625. The number of para-hydroxylation sites is 1.